The molecular formula is C14H10BrClN2O3. The molecule has 1 amide bonds. The molecule has 7 heteroatoms. The number of nitro benzene ring substituents is 1. The summed E-state index contributed by atoms with van der Waals surface area (Å²) in [7, 11) is 0. The van der Waals surface area contributed by atoms with Gasteiger partial charge in [0.05, 0.1) is 9.95 Å². The van der Waals surface area contributed by atoms with Crippen molar-refractivity contribution in [1.82, 2.24) is 0 Å². The second-order valence-corrected chi connectivity index (χ2v) is 5.60. The van der Waals surface area contributed by atoms with Crippen molar-refractivity contribution in [2.24, 2.45) is 0 Å². The predicted octanol–water partition coefficient (Wildman–Crippen LogP) is 4.57. The lowest BCUT2D eigenvalue weighted by molar-refractivity contribution is -0.385. The summed E-state index contributed by atoms with van der Waals surface area (Å²) in [5.74, 6) is -0.424. The highest BCUT2D eigenvalue weighted by molar-refractivity contribution is 9.10. The number of aryl methyl sites for hydroxylation is 1. The second kappa shape index (κ2) is 6.24. The van der Waals surface area contributed by atoms with Crippen LogP contribution in [0.15, 0.2) is 40.9 Å². The fourth-order valence-electron chi connectivity index (χ4n) is 1.72. The van der Waals surface area contributed by atoms with Gasteiger partial charge >= 0.3 is 0 Å². The van der Waals surface area contributed by atoms with E-state index >= 15 is 0 Å². The van der Waals surface area contributed by atoms with E-state index in [9.17, 15) is 14.9 Å². The summed E-state index contributed by atoms with van der Waals surface area (Å²) in [6.45, 7) is 1.62. The Morgan fingerprint density at radius 1 is 1.29 bits per heavy atom. The van der Waals surface area contributed by atoms with Crippen molar-refractivity contribution < 1.29 is 9.72 Å². The van der Waals surface area contributed by atoms with Gasteiger partial charge in [0.15, 0.2) is 0 Å². The lowest BCUT2D eigenvalue weighted by Gasteiger charge is -2.07. The summed E-state index contributed by atoms with van der Waals surface area (Å²) in [5, 5.41) is 14.1. The minimum Gasteiger partial charge on any atom is -0.322 e. The molecule has 1 N–H and O–H groups in total. The van der Waals surface area contributed by atoms with E-state index in [0.717, 1.165) is 0 Å². The smallest absolute Gasteiger partial charge is 0.273 e. The molecular weight excluding hydrogens is 360 g/mol. The molecule has 2 aromatic rings. The van der Waals surface area contributed by atoms with E-state index in [2.05, 4.69) is 21.2 Å². The van der Waals surface area contributed by atoms with E-state index in [1.807, 2.05) is 0 Å². The quantitative estimate of drug-likeness (QED) is 0.636. The van der Waals surface area contributed by atoms with Crippen LogP contribution in [0, 0.1) is 17.0 Å². The fraction of sp³-hybridized carbons (Fsp3) is 0.0714. The topological polar surface area (TPSA) is 72.2 Å². The van der Waals surface area contributed by atoms with E-state index in [0.29, 0.717) is 20.7 Å². The molecule has 0 radical (unpaired) electrons. The lowest BCUT2D eigenvalue weighted by Crippen LogP contribution is -2.12. The van der Waals surface area contributed by atoms with Gasteiger partial charge in [-0.15, -0.1) is 0 Å². The third kappa shape index (κ3) is 3.59. The molecule has 2 rings (SSSR count). The minimum atomic E-state index is -0.509. The van der Waals surface area contributed by atoms with Crippen molar-refractivity contribution in [3.05, 3.63) is 67.1 Å². The average molecular weight is 370 g/mol. The van der Waals surface area contributed by atoms with Crippen LogP contribution in [-0.2, 0) is 0 Å². The van der Waals surface area contributed by atoms with Gasteiger partial charge in [0.25, 0.3) is 11.6 Å². The molecule has 2 aromatic carbocycles. The van der Waals surface area contributed by atoms with Crippen LogP contribution < -0.4 is 5.32 Å². The van der Waals surface area contributed by atoms with E-state index < -0.39 is 10.8 Å². The molecule has 0 aromatic heterocycles. The van der Waals surface area contributed by atoms with Crippen LogP contribution in [0.5, 0.6) is 0 Å². The number of halogens is 2. The van der Waals surface area contributed by atoms with Gasteiger partial charge in [-0.2, -0.15) is 0 Å². The van der Waals surface area contributed by atoms with Crippen LogP contribution in [0.4, 0.5) is 11.4 Å². The fourth-order valence-corrected chi connectivity index (χ4v) is 2.22. The van der Waals surface area contributed by atoms with Gasteiger partial charge in [-0.1, -0.05) is 17.7 Å². The summed E-state index contributed by atoms with van der Waals surface area (Å²) in [4.78, 5) is 22.5. The van der Waals surface area contributed by atoms with Crippen LogP contribution >= 0.6 is 27.5 Å². The zero-order chi connectivity index (χ0) is 15.6. The second-order valence-electron chi connectivity index (χ2n) is 4.34. The zero-order valence-electron chi connectivity index (χ0n) is 10.9. The number of rotatable bonds is 3. The third-order valence-electron chi connectivity index (χ3n) is 2.85. The molecule has 0 bridgehead atoms. The molecule has 0 aliphatic carbocycles. The first-order chi connectivity index (χ1) is 9.88. The molecule has 0 spiro atoms. The minimum absolute atomic E-state index is 0.0834. The van der Waals surface area contributed by atoms with Gasteiger partial charge in [-0.3, -0.25) is 14.9 Å². The van der Waals surface area contributed by atoms with Crippen molar-refractivity contribution in [1.29, 1.82) is 0 Å². The van der Waals surface area contributed by atoms with Crippen molar-refractivity contribution >= 4 is 44.8 Å². The highest BCUT2D eigenvalue weighted by atomic mass is 79.9. The van der Waals surface area contributed by atoms with E-state index in [-0.39, 0.29) is 11.3 Å². The Kier molecular flexibility index (Phi) is 4.59. The Hall–Kier alpha value is -1.92. The first-order valence-corrected chi connectivity index (χ1v) is 7.07. The van der Waals surface area contributed by atoms with E-state index in [4.69, 9.17) is 11.6 Å². The van der Waals surface area contributed by atoms with Gasteiger partial charge in [0, 0.05) is 27.4 Å². The summed E-state index contributed by atoms with van der Waals surface area (Å²) in [6, 6.07) is 9.29. The number of carbonyl (C=O) groups excluding carboxylic acids is 1. The molecule has 0 aliphatic heterocycles. The van der Waals surface area contributed by atoms with Crippen LogP contribution in [0.2, 0.25) is 5.02 Å². The van der Waals surface area contributed by atoms with Crippen molar-refractivity contribution in [2.45, 2.75) is 6.92 Å². The van der Waals surface area contributed by atoms with E-state index in [1.165, 1.54) is 6.07 Å². The molecule has 0 unspecified atom stereocenters. The third-order valence-corrected chi connectivity index (χ3v) is 4.06. The van der Waals surface area contributed by atoms with Crippen molar-refractivity contribution in [3.8, 4) is 0 Å². The van der Waals surface area contributed by atoms with Gasteiger partial charge in [-0.25, -0.2) is 0 Å². The van der Waals surface area contributed by atoms with Crippen LogP contribution in [0.25, 0.3) is 0 Å². The number of amides is 1. The van der Waals surface area contributed by atoms with Crippen molar-refractivity contribution in [2.75, 3.05) is 5.32 Å². The highest BCUT2D eigenvalue weighted by Gasteiger charge is 2.15. The number of hydrogen-bond acceptors (Lipinski definition) is 3. The maximum Gasteiger partial charge on any atom is 0.273 e. The zero-order valence-corrected chi connectivity index (χ0v) is 13.2. The number of hydrogen-bond donors (Lipinski definition) is 1. The SMILES string of the molecule is Cc1ccc(C(=O)Nc2ccc(Cl)c(Br)c2)cc1[N+](=O)[O-]. The number of nitrogens with one attached hydrogen (secondary N) is 1. The first kappa shape index (κ1) is 15.5. The normalized spacial score (nSPS) is 10.2. The molecule has 0 aliphatic rings. The van der Waals surface area contributed by atoms with Crippen LogP contribution in [0.3, 0.4) is 0 Å². The average Bonchev–Trinajstić information content (AvgIpc) is 2.43. The molecule has 0 saturated carbocycles. The van der Waals surface area contributed by atoms with Gasteiger partial charge in [0.1, 0.15) is 0 Å². The summed E-state index contributed by atoms with van der Waals surface area (Å²) >= 11 is 9.13. The maximum absolute atomic E-state index is 12.1. The Morgan fingerprint density at radius 3 is 2.62 bits per heavy atom. The summed E-state index contributed by atoms with van der Waals surface area (Å²) in [6.07, 6.45) is 0. The Labute approximate surface area is 134 Å². The van der Waals surface area contributed by atoms with Gasteiger partial charge in [-0.05, 0) is 47.1 Å². The first-order valence-electron chi connectivity index (χ1n) is 5.90. The van der Waals surface area contributed by atoms with Crippen LogP contribution in [-0.4, -0.2) is 10.8 Å². The molecule has 0 fully saturated rings. The Balaban J connectivity index is 2.26. The molecule has 0 atom stereocenters. The monoisotopic (exact) mass is 368 g/mol. The van der Waals surface area contributed by atoms with Crippen molar-refractivity contribution in [3.63, 3.8) is 0 Å². The number of nitro groups is 1. The standard InChI is InChI=1S/C14H10BrClN2O3/c1-8-2-3-9(6-13(8)18(20)21)14(19)17-10-4-5-12(16)11(15)7-10/h2-7H,1H3,(H,17,19). The maximum atomic E-state index is 12.1. The van der Waals surface area contributed by atoms with Gasteiger partial charge in [0.2, 0.25) is 0 Å². The highest BCUT2D eigenvalue weighted by Crippen LogP contribution is 2.26. The number of nitrogens with zero attached hydrogens (tertiary/aromatic N) is 1. The number of benzene rings is 2. The summed E-state index contributed by atoms with van der Waals surface area (Å²) < 4.78 is 0.650. The Morgan fingerprint density at radius 2 is 2.00 bits per heavy atom. The molecule has 0 heterocycles. The van der Waals surface area contributed by atoms with E-state index in [1.54, 1.807) is 37.3 Å². The number of carbonyl (C=O) groups is 1. The predicted molar refractivity (Wildman–Crippen MR) is 84.9 cm³/mol. The lowest BCUT2D eigenvalue weighted by atomic mass is 10.1. The van der Waals surface area contributed by atoms with Gasteiger partial charge < -0.3 is 5.32 Å². The van der Waals surface area contributed by atoms with Crippen LogP contribution in [0.1, 0.15) is 15.9 Å². The summed E-state index contributed by atoms with van der Waals surface area (Å²) in [5.41, 5.74) is 1.18. The molecule has 0 saturated heterocycles. The Bertz CT molecular complexity index is 734. The largest absolute Gasteiger partial charge is 0.322 e. The number of anilines is 1. The molecule has 21 heavy (non-hydrogen) atoms. The molecule has 5 nitrogen and oxygen atoms in total. The molecule has 108 valence electrons.